The average molecular weight is 972 g/mol. The van der Waals surface area contributed by atoms with Crippen molar-refractivity contribution in [3.8, 4) is 11.5 Å². The number of sulfonamides is 2. The smallest absolute Gasteiger partial charge is 0.259 e. The van der Waals surface area contributed by atoms with Gasteiger partial charge >= 0.3 is 0 Å². The molecule has 0 amide bonds. The molecule has 0 saturated carbocycles. The summed E-state index contributed by atoms with van der Waals surface area (Å²) in [6.07, 6.45) is 2.67. The van der Waals surface area contributed by atoms with Gasteiger partial charge in [-0.25, -0.2) is 34.4 Å². The Morgan fingerprint density at radius 2 is 1.19 bits per heavy atom. The van der Waals surface area contributed by atoms with Crippen LogP contribution in [0.2, 0.25) is 0 Å². The van der Waals surface area contributed by atoms with Gasteiger partial charge in [0, 0.05) is 27.7 Å². The van der Waals surface area contributed by atoms with E-state index in [0.717, 1.165) is 33.5 Å². The number of ether oxygens (including phenoxy) is 1. The molecule has 2 N–H and O–H groups in total. The van der Waals surface area contributed by atoms with Gasteiger partial charge in [-0.1, -0.05) is 128 Å². The van der Waals surface area contributed by atoms with E-state index in [2.05, 4.69) is 97.9 Å². The molecule has 0 fully saturated rings. The van der Waals surface area contributed by atoms with Gasteiger partial charge < -0.3 is 9.84 Å². The first-order valence-electron chi connectivity index (χ1n) is 22.1. The summed E-state index contributed by atoms with van der Waals surface area (Å²) in [5, 5.41) is 10.4. The van der Waals surface area contributed by atoms with Crippen LogP contribution in [0.5, 0.6) is 11.5 Å². The van der Waals surface area contributed by atoms with E-state index in [9.17, 15) is 16.8 Å². The molecule has 0 saturated heterocycles. The zero-order valence-corrected chi connectivity index (χ0v) is 40.9. The molecule has 0 aliphatic carbocycles. The van der Waals surface area contributed by atoms with Crippen molar-refractivity contribution in [1.82, 2.24) is 4.13 Å². The second-order valence-corrected chi connectivity index (χ2v) is 22.5. The third-order valence-corrected chi connectivity index (χ3v) is 16.5. The summed E-state index contributed by atoms with van der Waals surface area (Å²) in [6, 6.07) is 29.3. The zero-order chi connectivity index (χ0) is 48.7. The summed E-state index contributed by atoms with van der Waals surface area (Å²) in [5.74, 6) is -7.41. The van der Waals surface area contributed by atoms with Crippen LogP contribution in [-0.2, 0) is 26.5 Å². The Labute approximate surface area is 394 Å². The van der Waals surface area contributed by atoms with Crippen molar-refractivity contribution in [2.24, 2.45) is 0 Å². The normalized spacial score (nSPS) is 13.2. The van der Waals surface area contributed by atoms with Gasteiger partial charge in [-0.15, -0.1) is 15.9 Å². The quantitative estimate of drug-likeness (QED) is 0.0598. The van der Waals surface area contributed by atoms with Crippen LogP contribution in [0.3, 0.4) is 0 Å². The van der Waals surface area contributed by atoms with Crippen LogP contribution in [-0.4, -0.2) is 34.3 Å². The molecule has 1 aliphatic heterocycles. The van der Waals surface area contributed by atoms with Crippen LogP contribution >= 0.6 is 11.8 Å². The summed E-state index contributed by atoms with van der Waals surface area (Å²) in [7, 11) is -11.2. The summed E-state index contributed by atoms with van der Waals surface area (Å²) in [6.45, 7) is 16.5. The third-order valence-electron chi connectivity index (χ3n) is 11.9. The lowest BCUT2D eigenvalue weighted by Crippen LogP contribution is -2.33. The van der Waals surface area contributed by atoms with Gasteiger partial charge in [-0.2, -0.15) is 0 Å². The average Bonchev–Trinajstić information content (AvgIpc) is 3.27. The van der Waals surface area contributed by atoms with Crippen LogP contribution < -0.4 is 19.3 Å². The van der Waals surface area contributed by atoms with Gasteiger partial charge in [-0.05, 0) is 105 Å². The number of rotatable bonds is 15. The number of hydrogen-bond donors (Lipinski definition) is 2. The lowest BCUT2D eigenvalue weighted by molar-refractivity contribution is 0.322. The second kappa shape index (κ2) is 19.8. The molecule has 6 aromatic rings. The Hall–Kier alpha value is -5.25. The Morgan fingerprint density at radius 3 is 1.76 bits per heavy atom. The maximum Gasteiger partial charge on any atom is 0.259 e. The van der Waals surface area contributed by atoms with E-state index in [0.29, 0.717) is 34.3 Å². The molecule has 0 atom stereocenters. The summed E-state index contributed by atoms with van der Waals surface area (Å²) >= 11 is 0.218. The lowest BCUT2D eigenvalue weighted by Gasteiger charge is -2.24. The molecule has 67 heavy (non-hydrogen) atoms. The fraction of sp³-hybridized carbons (Fsp3) is 0.283. The predicted octanol–water partition coefficient (Wildman–Crippen LogP) is 11.3. The SMILES string of the molecule is CC(C)c1cccc(C(C)C)c1/C=c1\ccc2c(c1)Oc1cc(Cc3c(C(C)C)cccc3C(C)C)ccc1C=2c1ccccc1S(=O)(=O)NS(=O)(=O)c1c(F)c(F)c(SCCO)c(F)c1F. The maximum atomic E-state index is 15.4. The molecule has 352 valence electrons. The first-order valence-corrected chi connectivity index (χ1v) is 26.0. The molecule has 6 aromatic carbocycles. The Morgan fingerprint density at radius 1 is 0.627 bits per heavy atom. The Balaban J connectivity index is 1.43. The van der Waals surface area contributed by atoms with Crippen LogP contribution in [0.15, 0.2) is 112 Å². The predicted molar refractivity (Wildman–Crippen MR) is 257 cm³/mol. The van der Waals surface area contributed by atoms with Crippen LogP contribution in [0.4, 0.5) is 17.6 Å². The molecule has 0 radical (unpaired) electrons. The molecule has 0 unspecified atom stereocenters. The minimum Gasteiger partial charge on any atom is -0.456 e. The van der Waals surface area contributed by atoms with Crippen molar-refractivity contribution in [3.63, 3.8) is 0 Å². The number of benzene rings is 6. The van der Waals surface area contributed by atoms with Gasteiger partial charge in [-0.3, -0.25) is 0 Å². The Kier molecular flexibility index (Phi) is 14.6. The topological polar surface area (TPSA) is 110 Å². The molecule has 14 heteroatoms. The molecular formula is C53H53F4NO6S3. The van der Waals surface area contributed by atoms with E-state index in [4.69, 9.17) is 9.84 Å². The Bertz CT molecular complexity index is 3180. The van der Waals surface area contributed by atoms with Crippen LogP contribution in [0.1, 0.15) is 129 Å². The fourth-order valence-electron chi connectivity index (χ4n) is 8.74. The third kappa shape index (κ3) is 9.87. The van der Waals surface area contributed by atoms with Gasteiger partial charge in [0.05, 0.1) is 16.4 Å². The van der Waals surface area contributed by atoms with Crippen molar-refractivity contribution >= 4 is 43.5 Å². The molecule has 7 nitrogen and oxygen atoms in total. The lowest BCUT2D eigenvalue weighted by atomic mass is 9.85. The fourth-order valence-corrected chi connectivity index (χ4v) is 12.7. The van der Waals surface area contributed by atoms with Crippen molar-refractivity contribution in [3.05, 3.63) is 181 Å². The van der Waals surface area contributed by atoms with Crippen molar-refractivity contribution in [2.75, 3.05) is 12.4 Å². The largest absolute Gasteiger partial charge is 0.456 e. The highest BCUT2D eigenvalue weighted by molar-refractivity contribution is 8.04. The molecule has 0 spiro atoms. The molecule has 0 bridgehead atoms. The summed E-state index contributed by atoms with van der Waals surface area (Å²) in [5.41, 5.74) is 8.79. The highest BCUT2D eigenvalue weighted by Gasteiger charge is 2.37. The summed E-state index contributed by atoms with van der Waals surface area (Å²) in [4.78, 5) is -3.96. The number of halogens is 4. The number of aliphatic hydroxyl groups excluding tert-OH is 1. The minimum absolute atomic E-state index is 0.00836. The number of nitrogens with one attached hydrogen (secondary N) is 1. The molecule has 0 aromatic heterocycles. The maximum absolute atomic E-state index is 15.4. The standard InChI is InChI=1S/C53H53F4NO6S3/c1-29(2)35-14-11-15-36(30(3)4)42(35)25-33-19-21-39-44(27-33)64-45-28-34(26-43-37(31(5)6)16-12-17-38(43)32(7)8)20-22-40(45)47(39)41-13-9-10-18-46(41)66(60,61)58-67(62,63)53-50(56)48(54)52(65-24-23-59)49(55)51(53)57/h9-22,25,27-32,58-59H,23-24,26H2,1-8H3/b33-25+. The monoisotopic (exact) mass is 971 g/mol. The highest BCUT2D eigenvalue weighted by Crippen LogP contribution is 2.41. The van der Waals surface area contributed by atoms with Gasteiger partial charge in [0.1, 0.15) is 11.5 Å². The van der Waals surface area contributed by atoms with Crippen LogP contribution in [0.25, 0.3) is 11.6 Å². The molecule has 1 aliphatic rings. The van der Waals surface area contributed by atoms with Crippen molar-refractivity contribution in [1.29, 1.82) is 0 Å². The zero-order valence-electron chi connectivity index (χ0n) is 38.5. The molecule has 1 heterocycles. The number of hydrogen-bond acceptors (Lipinski definition) is 7. The van der Waals surface area contributed by atoms with E-state index in [1.165, 1.54) is 33.0 Å². The van der Waals surface area contributed by atoms with Gasteiger partial charge in [0.25, 0.3) is 20.0 Å². The van der Waals surface area contributed by atoms with Crippen molar-refractivity contribution < 1.29 is 44.2 Å². The van der Waals surface area contributed by atoms with E-state index in [1.807, 2.05) is 30.3 Å². The highest BCUT2D eigenvalue weighted by atomic mass is 32.3. The summed E-state index contributed by atoms with van der Waals surface area (Å²) < 4.78 is 125. The molecular weight excluding hydrogens is 919 g/mol. The first-order chi connectivity index (χ1) is 31.7. The minimum atomic E-state index is -5.85. The van der Waals surface area contributed by atoms with E-state index < -0.39 is 64.6 Å². The number of fused-ring (bicyclic) bond motifs is 2. The van der Waals surface area contributed by atoms with Crippen molar-refractivity contribution in [2.45, 2.75) is 100 Å². The first kappa shape index (κ1) is 49.6. The van der Waals surface area contributed by atoms with E-state index >= 15 is 17.6 Å². The van der Waals surface area contributed by atoms with Gasteiger partial charge in [0.15, 0.2) is 28.2 Å². The van der Waals surface area contributed by atoms with Crippen LogP contribution in [0, 0.1) is 23.3 Å². The number of thioether (sulfide) groups is 1. The van der Waals surface area contributed by atoms with Gasteiger partial charge in [0.2, 0.25) is 0 Å². The molecule has 7 rings (SSSR count). The van der Waals surface area contributed by atoms with E-state index in [1.54, 1.807) is 12.1 Å². The van der Waals surface area contributed by atoms with E-state index in [-0.39, 0.29) is 46.7 Å². The second-order valence-electron chi connectivity index (χ2n) is 17.8. The number of aliphatic hydroxyl groups is 1.